The van der Waals surface area contributed by atoms with E-state index >= 15 is 0 Å². The molecule has 1 N–H and O–H groups in total. The minimum absolute atomic E-state index is 0.225. The monoisotopic (exact) mass is 446 g/mol. The highest BCUT2D eigenvalue weighted by atomic mass is 16.5. The Morgan fingerprint density at radius 3 is 2.61 bits per heavy atom. The zero-order valence-corrected chi connectivity index (χ0v) is 19.4. The molecule has 2 aliphatic heterocycles. The summed E-state index contributed by atoms with van der Waals surface area (Å²) < 4.78 is 11.3. The molecule has 0 aliphatic carbocycles. The molecule has 1 saturated heterocycles. The van der Waals surface area contributed by atoms with Crippen LogP contribution in [-0.2, 0) is 0 Å². The molecule has 5 rings (SSSR count). The van der Waals surface area contributed by atoms with Gasteiger partial charge in [0.05, 0.1) is 18.8 Å². The summed E-state index contributed by atoms with van der Waals surface area (Å²) >= 11 is 0. The number of nitrogens with one attached hydrogen (secondary N) is 1. The van der Waals surface area contributed by atoms with Gasteiger partial charge in [0.15, 0.2) is 11.6 Å². The number of benzene rings is 1. The molecule has 8 heteroatoms. The number of aromatic nitrogens is 3. The van der Waals surface area contributed by atoms with E-state index < -0.39 is 0 Å². The second-order valence-electron chi connectivity index (χ2n) is 9.12. The molecule has 2 aliphatic rings. The van der Waals surface area contributed by atoms with E-state index in [1.807, 2.05) is 30.3 Å². The molecule has 2 aromatic heterocycles. The molecule has 0 spiro atoms. The summed E-state index contributed by atoms with van der Waals surface area (Å²) in [4.78, 5) is 18.3. The Balaban J connectivity index is 1.31. The van der Waals surface area contributed by atoms with Crippen molar-refractivity contribution < 1.29 is 9.47 Å². The van der Waals surface area contributed by atoms with Gasteiger partial charge in [-0.3, -0.25) is 0 Å². The first-order chi connectivity index (χ1) is 16.0. The van der Waals surface area contributed by atoms with Gasteiger partial charge in [-0.1, -0.05) is 18.2 Å². The topological polar surface area (TPSA) is 75.6 Å². The zero-order valence-electron chi connectivity index (χ0n) is 19.4. The van der Waals surface area contributed by atoms with Gasteiger partial charge in [0.2, 0.25) is 11.8 Å². The van der Waals surface area contributed by atoms with Crippen molar-refractivity contribution in [3.8, 4) is 11.6 Å². The van der Waals surface area contributed by atoms with Gasteiger partial charge in [0.1, 0.15) is 6.61 Å². The minimum atomic E-state index is -0.225. The number of hydrogen-bond donors (Lipinski definition) is 1. The fraction of sp³-hybridized carbons (Fsp3) is 0.400. The molecule has 1 fully saturated rings. The van der Waals surface area contributed by atoms with Crippen LogP contribution in [0.4, 0.5) is 23.1 Å². The van der Waals surface area contributed by atoms with Gasteiger partial charge >= 0.3 is 0 Å². The summed E-state index contributed by atoms with van der Waals surface area (Å²) in [5.74, 6) is 2.80. The van der Waals surface area contributed by atoms with Crippen molar-refractivity contribution in [1.82, 2.24) is 15.0 Å². The van der Waals surface area contributed by atoms with Gasteiger partial charge in [-0.25, -0.2) is 9.97 Å². The summed E-state index contributed by atoms with van der Waals surface area (Å²) in [6.45, 7) is 6.80. The van der Waals surface area contributed by atoms with Gasteiger partial charge in [0, 0.05) is 42.8 Å². The second kappa shape index (κ2) is 8.77. The molecule has 0 saturated carbocycles. The Kier molecular flexibility index (Phi) is 5.66. The highest BCUT2D eigenvalue weighted by Crippen LogP contribution is 2.41. The fourth-order valence-corrected chi connectivity index (χ4v) is 4.52. The molecule has 1 aromatic carbocycles. The van der Waals surface area contributed by atoms with Crippen molar-refractivity contribution in [3.63, 3.8) is 0 Å². The number of rotatable bonds is 5. The van der Waals surface area contributed by atoms with Gasteiger partial charge in [0.25, 0.3) is 0 Å². The highest BCUT2D eigenvalue weighted by Gasteiger charge is 2.37. The van der Waals surface area contributed by atoms with E-state index in [0.29, 0.717) is 30.2 Å². The van der Waals surface area contributed by atoms with Crippen LogP contribution in [0.1, 0.15) is 26.7 Å². The summed E-state index contributed by atoms with van der Waals surface area (Å²) in [5.41, 5.74) is 2.01. The first kappa shape index (κ1) is 21.3. The predicted molar refractivity (Wildman–Crippen MR) is 130 cm³/mol. The molecule has 4 heterocycles. The van der Waals surface area contributed by atoms with Gasteiger partial charge in [-0.15, -0.1) is 0 Å². The first-order valence-electron chi connectivity index (χ1n) is 11.4. The molecule has 172 valence electrons. The molecular formula is C25H30N6O2. The van der Waals surface area contributed by atoms with Crippen LogP contribution >= 0.6 is 0 Å². The molecule has 0 radical (unpaired) electrons. The quantitative estimate of drug-likeness (QED) is 0.623. The summed E-state index contributed by atoms with van der Waals surface area (Å²) in [7, 11) is 1.64. The number of methoxy groups -OCH3 is 1. The third-order valence-corrected chi connectivity index (χ3v) is 6.27. The largest absolute Gasteiger partial charge is 0.486 e. The predicted octanol–water partition coefficient (Wildman–Crippen LogP) is 4.27. The van der Waals surface area contributed by atoms with E-state index in [4.69, 9.17) is 14.5 Å². The Morgan fingerprint density at radius 1 is 1.06 bits per heavy atom. The number of ether oxygens (including phenoxy) is 2. The maximum absolute atomic E-state index is 6.00. The molecular weight excluding hydrogens is 416 g/mol. The smallest absolute Gasteiger partial charge is 0.225 e. The van der Waals surface area contributed by atoms with Crippen LogP contribution < -0.4 is 24.6 Å². The van der Waals surface area contributed by atoms with Crippen molar-refractivity contribution >= 4 is 23.1 Å². The second-order valence-corrected chi connectivity index (χ2v) is 9.12. The lowest BCUT2D eigenvalue weighted by Crippen LogP contribution is -2.49. The molecule has 0 atom stereocenters. The average Bonchev–Trinajstić information content (AvgIpc) is 2.84. The van der Waals surface area contributed by atoms with E-state index in [1.165, 1.54) is 0 Å². The number of fused-ring (bicyclic) bond motifs is 1. The molecule has 3 aromatic rings. The van der Waals surface area contributed by atoms with Gasteiger partial charge in [-0.05, 0) is 44.9 Å². The van der Waals surface area contributed by atoms with E-state index in [0.717, 1.165) is 43.1 Å². The summed E-state index contributed by atoms with van der Waals surface area (Å²) in [6, 6.07) is 14.7. The van der Waals surface area contributed by atoms with Gasteiger partial charge < -0.3 is 24.6 Å². The van der Waals surface area contributed by atoms with Crippen molar-refractivity contribution in [2.75, 3.05) is 41.9 Å². The SMILES string of the molecule is COc1cc(N2CCC(Nc3ncc4c(n3)N(c3ccccc3)C(C)(C)CO4)CC2)ccn1. The maximum Gasteiger partial charge on any atom is 0.225 e. The third kappa shape index (κ3) is 4.37. The van der Waals surface area contributed by atoms with Gasteiger partial charge in [-0.2, -0.15) is 4.98 Å². The van der Waals surface area contributed by atoms with Crippen LogP contribution in [-0.4, -0.2) is 53.3 Å². The zero-order chi connectivity index (χ0) is 22.8. The fourth-order valence-electron chi connectivity index (χ4n) is 4.52. The standard InChI is InChI=1S/C25H30N6O2/c1-25(2)17-33-21-16-27-24(29-23(21)31(25)19-7-5-4-6-8-19)28-18-10-13-30(14-11-18)20-9-12-26-22(15-20)32-3/h4-9,12,15-16,18H,10-11,13-14,17H2,1-3H3,(H,27,28,29). The number of para-hydroxylation sites is 1. The molecule has 0 unspecified atom stereocenters. The van der Waals surface area contributed by atoms with E-state index in [2.05, 4.69) is 51.1 Å². The number of hydrogen-bond acceptors (Lipinski definition) is 8. The Bertz CT molecular complexity index is 1100. The Morgan fingerprint density at radius 2 is 1.85 bits per heavy atom. The van der Waals surface area contributed by atoms with Crippen LogP contribution in [0.15, 0.2) is 54.9 Å². The van der Waals surface area contributed by atoms with Crippen molar-refractivity contribution in [3.05, 3.63) is 54.9 Å². The normalized spacial score (nSPS) is 17.8. The number of pyridine rings is 1. The third-order valence-electron chi connectivity index (χ3n) is 6.27. The number of anilines is 4. The minimum Gasteiger partial charge on any atom is -0.486 e. The van der Waals surface area contributed by atoms with Crippen LogP contribution in [0.3, 0.4) is 0 Å². The first-order valence-corrected chi connectivity index (χ1v) is 11.4. The average molecular weight is 447 g/mol. The van der Waals surface area contributed by atoms with Crippen LogP contribution in [0.2, 0.25) is 0 Å². The van der Waals surface area contributed by atoms with Crippen LogP contribution in [0, 0.1) is 0 Å². The lowest BCUT2D eigenvalue weighted by Gasteiger charge is -2.43. The lowest BCUT2D eigenvalue weighted by molar-refractivity contribution is 0.220. The number of piperidine rings is 1. The van der Waals surface area contributed by atoms with Crippen LogP contribution in [0.25, 0.3) is 0 Å². The van der Waals surface area contributed by atoms with E-state index in [-0.39, 0.29) is 5.54 Å². The summed E-state index contributed by atoms with van der Waals surface area (Å²) in [6.07, 6.45) is 5.57. The van der Waals surface area contributed by atoms with Crippen molar-refractivity contribution in [1.29, 1.82) is 0 Å². The van der Waals surface area contributed by atoms with Crippen molar-refractivity contribution in [2.45, 2.75) is 38.3 Å². The van der Waals surface area contributed by atoms with E-state index in [9.17, 15) is 0 Å². The van der Waals surface area contributed by atoms with E-state index in [1.54, 1.807) is 19.5 Å². The van der Waals surface area contributed by atoms with Crippen molar-refractivity contribution in [2.24, 2.45) is 0 Å². The lowest BCUT2D eigenvalue weighted by atomic mass is 10.0. The molecule has 0 amide bonds. The molecule has 33 heavy (non-hydrogen) atoms. The molecule has 8 nitrogen and oxygen atoms in total. The maximum atomic E-state index is 6.00. The summed E-state index contributed by atoms with van der Waals surface area (Å²) in [5, 5.41) is 3.56. The highest BCUT2D eigenvalue weighted by molar-refractivity contribution is 5.69. The van der Waals surface area contributed by atoms with Crippen LogP contribution in [0.5, 0.6) is 11.6 Å². The number of nitrogens with zero attached hydrogens (tertiary/aromatic N) is 5. The Labute approximate surface area is 194 Å². The Hall–Kier alpha value is -3.55. The molecule has 0 bridgehead atoms.